The largest absolute Gasteiger partial charge is 0.350 e. The molecule has 1 N–H and O–H groups in total. The molecule has 0 saturated carbocycles. The highest BCUT2D eigenvalue weighted by Crippen LogP contribution is 2.31. The predicted octanol–water partition coefficient (Wildman–Crippen LogP) is 3.75. The number of aryl methyl sites for hydroxylation is 3. The Bertz CT molecular complexity index is 1360. The number of carbonyl (C=O) groups is 1. The van der Waals surface area contributed by atoms with Crippen molar-refractivity contribution in [2.75, 3.05) is 5.32 Å². The number of benzene rings is 2. The van der Waals surface area contributed by atoms with Crippen molar-refractivity contribution in [3.63, 3.8) is 0 Å². The summed E-state index contributed by atoms with van der Waals surface area (Å²) in [6.07, 6.45) is 3.03. The van der Waals surface area contributed by atoms with Crippen molar-refractivity contribution in [1.29, 1.82) is 0 Å². The van der Waals surface area contributed by atoms with Crippen LogP contribution in [0.15, 0.2) is 63.5 Å². The predicted molar refractivity (Wildman–Crippen MR) is 117 cm³/mol. The third kappa shape index (κ3) is 4.36. The van der Waals surface area contributed by atoms with Crippen LogP contribution in [0, 0.1) is 26.6 Å². The third-order valence-electron chi connectivity index (χ3n) is 4.70. The van der Waals surface area contributed by atoms with E-state index in [1.165, 1.54) is 40.7 Å². The molecule has 0 atom stereocenters. The molecule has 1 amide bonds. The Balaban J connectivity index is 1.61. The molecule has 0 aliphatic heterocycles. The number of hydrogen-bond acceptors (Lipinski definition) is 5. The second kappa shape index (κ2) is 8.35. The molecule has 0 radical (unpaired) electrons. The summed E-state index contributed by atoms with van der Waals surface area (Å²) in [6.45, 7) is 5.44. The molecule has 31 heavy (non-hydrogen) atoms. The standard InChI is InChI=1S/C22H20FN5O2S/c1-13-5-7-18(15(3)10-13)31-21-20-26-28(22(30)27(20)9-8-24-21)12-19(29)25-17-6-4-14(2)11-16(17)23/h4-11H,12H2,1-3H3,(H,25,29). The Morgan fingerprint density at radius 2 is 1.87 bits per heavy atom. The zero-order valence-corrected chi connectivity index (χ0v) is 18.0. The number of carbonyl (C=O) groups excluding carboxylic acids is 1. The SMILES string of the molecule is Cc1ccc(Sc2nccn3c(=O)n(CC(=O)Nc4ccc(C)cc4F)nc23)c(C)c1. The van der Waals surface area contributed by atoms with Crippen LogP contribution in [0.5, 0.6) is 0 Å². The molecule has 158 valence electrons. The van der Waals surface area contributed by atoms with Crippen molar-refractivity contribution in [2.24, 2.45) is 0 Å². The van der Waals surface area contributed by atoms with Gasteiger partial charge in [-0.3, -0.25) is 4.79 Å². The van der Waals surface area contributed by atoms with Gasteiger partial charge in [-0.25, -0.2) is 23.3 Å². The fraction of sp³-hybridized carbons (Fsp3) is 0.182. The number of amides is 1. The summed E-state index contributed by atoms with van der Waals surface area (Å²) in [5, 5.41) is 7.34. The highest BCUT2D eigenvalue weighted by molar-refractivity contribution is 7.99. The molecule has 0 saturated heterocycles. The van der Waals surface area contributed by atoms with Crippen LogP contribution in [-0.4, -0.2) is 25.1 Å². The molecule has 0 aliphatic rings. The van der Waals surface area contributed by atoms with Crippen LogP contribution in [-0.2, 0) is 11.3 Å². The molecule has 4 rings (SSSR count). The monoisotopic (exact) mass is 437 g/mol. The first-order valence-electron chi connectivity index (χ1n) is 9.57. The van der Waals surface area contributed by atoms with E-state index in [1.807, 2.05) is 26.0 Å². The minimum atomic E-state index is -0.551. The van der Waals surface area contributed by atoms with Crippen LogP contribution < -0.4 is 11.0 Å². The number of fused-ring (bicyclic) bond motifs is 1. The maximum absolute atomic E-state index is 14.0. The van der Waals surface area contributed by atoms with E-state index in [-0.39, 0.29) is 12.2 Å². The number of nitrogens with one attached hydrogen (secondary N) is 1. The number of anilines is 1. The maximum Gasteiger partial charge on any atom is 0.350 e. The van der Waals surface area contributed by atoms with Gasteiger partial charge in [0.05, 0.1) is 5.69 Å². The van der Waals surface area contributed by atoms with Gasteiger partial charge in [-0.15, -0.1) is 5.10 Å². The normalized spacial score (nSPS) is 11.1. The summed E-state index contributed by atoms with van der Waals surface area (Å²) in [5.74, 6) is -1.09. The van der Waals surface area contributed by atoms with Gasteiger partial charge in [0.25, 0.3) is 0 Å². The van der Waals surface area contributed by atoms with Gasteiger partial charge in [0.2, 0.25) is 5.91 Å². The minimum absolute atomic E-state index is 0.0557. The fourth-order valence-corrected chi connectivity index (χ4v) is 4.07. The summed E-state index contributed by atoms with van der Waals surface area (Å²) in [6, 6.07) is 10.6. The van der Waals surface area contributed by atoms with Crippen molar-refractivity contribution < 1.29 is 9.18 Å². The Morgan fingerprint density at radius 3 is 2.61 bits per heavy atom. The van der Waals surface area contributed by atoms with Crippen LogP contribution in [0.4, 0.5) is 10.1 Å². The molecular weight excluding hydrogens is 417 g/mol. The number of aromatic nitrogens is 4. The smallest absolute Gasteiger partial charge is 0.322 e. The summed E-state index contributed by atoms with van der Waals surface area (Å²) >= 11 is 1.40. The van der Waals surface area contributed by atoms with E-state index in [9.17, 15) is 14.0 Å². The molecule has 2 aromatic heterocycles. The molecule has 9 heteroatoms. The summed E-state index contributed by atoms with van der Waals surface area (Å²) in [7, 11) is 0. The van der Waals surface area contributed by atoms with Gasteiger partial charge in [-0.1, -0.05) is 35.5 Å². The van der Waals surface area contributed by atoms with Crippen LogP contribution in [0.25, 0.3) is 5.65 Å². The van der Waals surface area contributed by atoms with Gasteiger partial charge >= 0.3 is 5.69 Å². The third-order valence-corrected chi connectivity index (χ3v) is 5.86. The second-order valence-corrected chi connectivity index (χ2v) is 8.30. The van der Waals surface area contributed by atoms with Gasteiger partial charge in [-0.05, 0) is 50.1 Å². The lowest BCUT2D eigenvalue weighted by Gasteiger charge is -2.06. The Labute approximate surface area is 181 Å². The quantitative estimate of drug-likeness (QED) is 0.514. The zero-order chi connectivity index (χ0) is 22.1. The lowest BCUT2D eigenvalue weighted by atomic mass is 10.2. The average molecular weight is 438 g/mol. The van der Waals surface area contributed by atoms with E-state index in [4.69, 9.17) is 0 Å². The first-order chi connectivity index (χ1) is 14.8. The lowest BCUT2D eigenvalue weighted by molar-refractivity contribution is -0.117. The van der Waals surface area contributed by atoms with Gasteiger partial charge in [0.15, 0.2) is 5.65 Å². The fourth-order valence-electron chi connectivity index (χ4n) is 3.17. The number of halogens is 1. The van der Waals surface area contributed by atoms with E-state index < -0.39 is 17.4 Å². The van der Waals surface area contributed by atoms with Crippen LogP contribution >= 0.6 is 11.8 Å². The van der Waals surface area contributed by atoms with E-state index in [2.05, 4.69) is 21.5 Å². The molecule has 2 heterocycles. The van der Waals surface area contributed by atoms with Crippen molar-refractivity contribution >= 4 is 29.0 Å². The highest BCUT2D eigenvalue weighted by atomic mass is 32.2. The van der Waals surface area contributed by atoms with E-state index in [0.717, 1.165) is 26.3 Å². The number of rotatable bonds is 5. The van der Waals surface area contributed by atoms with Gasteiger partial charge in [0, 0.05) is 17.3 Å². The Morgan fingerprint density at radius 1 is 1.13 bits per heavy atom. The second-order valence-electron chi connectivity index (χ2n) is 7.27. The van der Waals surface area contributed by atoms with Gasteiger partial charge in [0.1, 0.15) is 17.4 Å². The van der Waals surface area contributed by atoms with Crippen molar-refractivity contribution in [3.05, 3.63) is 81.8 Å². The van der Waals surface area contributed by atoms with Crippen LogP contribution in [0.1, 0.15) is 16.7 Å². The first kappa shape index (κ1) is 20.8. The van der Waals surface area contributed by atoms with E-state index in [1.54, 1.807) is 13.0 Å². The maximum atomic E-state index is 14.0. The Kier molecular flexibility index (Phi) is 5.60. The molecular formula is C22H20FN5O2S. The summed E-state index contributed by atoms with van der Waals surface area (Å²) in [4.78, 5) is 30.5. The van der Waals surface area contributed by atoms with Crippen molar-refractivity contribution in [3.8, 4) is 0 Å². The van der Waals surface area contributed by atoms with Crippen LogP contribution in [0.2, 0.25) is 0 Å². The molecule has 0 aliphatic carbocycles. The number of nitrogens with zero attached hydrogens (tertiary/aromatic N) is 4. The highest BCUT2D eigenvalue weighted by Gasteiger charge is 2.16. The summed E-state index contributed by atoms with van der Waals surface area (Å²) in [5.41, 5.74) is 2.93. The molecule has 0 unspecified atom stereocenters. The summed E-state index contributed by atoms with van der Waals surface area (Å²) < 4.78 is 16.4. The molecule has 0 fully saturated rings. The van der Waals surface area contributed by atoms with E-state index >= 15 is 0 Å². The minimum Gasteiger partial charge on any atom is -0.322 e. The first-order valence-corrected chi connectivity index (χ1v) is 10.4. The van der Waals surface area contributed by atoms with Crippen LogP contribution in [0.3, 0.4) is 0 Å². The lowest BCUT2D eigenvalue weighted by Crippen LogP contribution is -2.28. The zero-order valence-electron chi connectivity index (χ0n) is 17.2. The van der Waals surface area contributed by atoms with E-state index in [0.29, 0.717) is 10.7 Å². The number of hydrogen-bond donors (Lipinski definition) is 1. The topological polar surface area (TPSA) is 81.3 Å². The molecule has 2 aromatic carbocycles. The van der Waals surface area contributed by atoms with Gasteiger partial charge < -0.3 is 5.32 Å². The van der Waals surface area contributed by atoms with Crippen molar-refractivity contribution in [2.45, 2.75) is 37.2 Å². The molecule has 0 spiro atoms. The molecule has 0 bridgehead atoms. The van der Waals surface area contributed by atoms with Gasteiger partial charge in [-0.2, -0.15) is 0 Å². The average Bonchev–Trinajstić information content (AvgIpc) is 3.03. The molecule has 7 nitrogen and oxygen atoms in total. The Hall–Kier alpha value is -3.46. The molecule has 4 aromatic rings. The van der Waals surface area contributed by atoms with Crippen molar-refractivity contribution in [1.82, 2.24) is 19.2 Å².